The summed E-state index contributed by atoms with van der Waals surface area (Å²) in [6, 6.07) is 6.70. The van der Waals surface area contributed by atoms with E-state index in [1.807, 2.05) is 24.3 Å². The molecule has 0 spiro atoms. The van der Waals surface area contributed by atoms with Crippen LogP contribution in [0, 0.1) is 0 Å². The molecule has 1 saturated heterocycles. The molecule has 1 fully saturated rings. The van der Waals surface area contributed by atoms with Crippen LogP contribution in [0.5, 0.6) is 5.75 Å². The molecule has 2 rings (SSSR count). The minimum absolute atomic E-state index is 0.0177. The smallest absolute Gasteiger partial charge is 0.321 e. The Kier molecular flexibility index (Phi) is 3.62. The zero-order valence-corrected chi connectivity index (χ0v) is 10.1. The summed E-state index contributed by atoms with van der Waals surface area (Å²) < 4.78 is 5.05. The van der Waals surface area contributed by atoms with E-state index in [-0.39, 0.29) is 18.7 Å². The van der Waals surface area contributed by atoms with E-state index in [0.29, 0.717) is 6.54 Å². The van der Waals surface area contributed by atoms with Crippen LogP contribution in [0.25, 0.3) is 0 Å². The highest BCUT2D eigenvalue weighted by Gasteiger charge is 2.35. The predicted octanol–water partition coefficient (Wildman–Crippen LogP) is 0.923. The number of hydrogen-bond acceptors (Lipinski definition) is 4. The van der Waals surface area contributed by atoms with Gasteiger partial charge in [-0.15, -0.1) is 0 Å². The molecule has 5 nitrogen and oxygen atoms in total. The topological polar surface area (TPSA) is 66.8 Å². The molecule has 1 atom stereocenters. The SMILES string of the molecule is COc1ccc(CN2CC(=O)CC2C(=O)O)cc1. The van der Waals surface area contributed by atoms with Crippen molar-refractivity contribution in [3.63, 3.8) is 0 Å². The number of methoxy groups -OCH3 is 1. The van der Waals surface area contributed by atoms with Crippen LogP contribution < -0.4 is 4.74 Å². The Morgan fingerprint density at radius 1 is 1.44 bits per heavy atom. The van der Waals surface area contributed by atoms with Crippen molar-refractivity contribution in [1.82, 2.24) is 4.90 Å². The van der Waals surface area contributed by atoms with Gasteiger partial charge in [0.2, 0.25) is 0 Å². The summed E-state index contributed by atoms with van der Waals surface area (Å²) in [5, 5.41) is 9.05. The van der Waals surface area contributed by atoms with Crippen molar-refractivity contribution in [2.75, 3.05) is 13.7 Å². The molecular formula is C13H15NO4. The summed E-state index contributed by atoms with van der Waals surface area (Å²) in [4.78, 5) is 24.1. The van der Waals surface area contributed by atoms with Crippen LogP contribution in [-0.2, 0) is 16.1 Å². The number of ether oxygens (including phenoxy) is 1. The Hall–Kier alpha value is -1.88. The van der Waals surface area contributed by atoms with E-state index in [2.05, 4.69) is 0 Å². The summed E-state index contributed by atoms with van der Waals surface area (Å²) >= 11 is 0. The highest BCUT2D eigenvalue weighted by Crippen LogP contribution is 2.19. The third-order valence-corrected chi connectivity index (χ3v) is 3.07. The first-order chi connectivity index (χ1) is 8.60. The first-order valence-corrected chi connectivity index (χ1v) is 5.71. The number of carbonyl (C=O) groups excluding carboxylic acids is 1. The van der Waals surface area contributed by atoms with Crippen molar-refractivity contribution in [2.24, 2.45) is 0 Å². The fourth-order valence-corrected chi connectivity index (χ4v) is 2.12. The van der Waals surface area contributed by atoms with E-state index in [1.54, 1.807) is 12.0 Å². The highest BCUT2D eigenvalue weighted by molar-refractivity contribution is 5.90. The molecule has 0 bridgehead atoms. The van der Waals surface area contributed by atoms with Crippen LogP contribution in [0.3, 0.4) is 0 Å². The van der Waals surface area contributed by atoms with Crippen LogP contribution in [0.1, 0.15) is 12.0 Å². The maximum absolute atomic E-state index is 11.3. The zero-order valence-electron chi connectivity index (χ0n) is 10.1. The molecule has 1 aromatic carbocycles. The first kappa shape index (κ1) is 12.6. The number of carboxylic acids is 1. The number of ketones is 1. The van der Waals surface area contributed by atoms with Crippen LogP contribution in [0.4, 0.5) is 0 Å². The van der Waals surface area contributed by atoms with Crippen molar-refractivity contribution in [3.05, 3.63) is 29.8 Å². The normalized spacial score (nSPS) is 20.1. The zero-order chi connectivity index (χ0) is 13.1. The summed E-state index contributed by atoms with van der Waals surface area (Å²) in [5.74, 6) is -0.198. The van der Waals surface area contributed by atoms with E-state index in [9.17, 15) is 9.59 Å². The third-order valence-electron chi connectivity index (χ3n) is 3.07. The lowest BCUT2D eigenvalue weighted by Crippen LogP contribution is -2.35. The van der Waals surface area contributed by atoms with Crippen molar-refractivity contribution >= 4 is 11.8 Å². The molecule has 1 heterocycles. The third kappa shape index (κ3) is 2.68. The molecule has 5 heteroatoms. The number of Topliss-reactive ketones (excluding diaryl/α,β-unsaturated/α-hetero) is 1. The lowest BCUT2D eigenvalue weighted by molar-refractivity contribution is -0.142. The summed E-state index contributed by atoms with van der Waals surface area (Å²) in [5.41, 5.74) is 0.969. The van der Waals surface area contributed by atoms with Crippen molar-refractivity contribution in [3.8, 4) is 5.75 Å². The fourth-order valence-electron chi connectivity index (χ4n) is 2.12. The molecule has 1 N–H and O–H groups in total. The second kappa shape index (κ2) is 5.18. The average molecular weight is 249 g/mol. The Balaban J connectivity index is 2.07. The highest BCUT2D eigenvalue weighted by atomic mass is 16.5. The van der Waals surface area contributed by atoms with Crippen molar-refractivity contribution in [2.45, 2.75) is 19.0 Å². The van der Waals surface area contributed by atoms with Crippen molar-refractivity contribution in [1.29, 1.82) is 0 Å². The van der Waals surface area contributed by atoms with Crippen LogP contribution in [-0.4, -0.2) is 41.5 Å². The lowest BCUT2D eigenvalue weighted by Gasteiger charge is -2.19. The Labute approximate surface area is 105 Å². The number of likely N-dealkylation sites (tertiary alicyclic amines) is 1. The number of carboxylic acid groups (broad SMARTS) is 1. The van der Waals surface area contributed by atoms with Gasteiger partial charge in [0, 0.05) is 13.0 Å². The summed E-state index contributed by atoms with van der Waals surface area (Å²) in [6.07, 6.45) is 0.103. The summed E-state index contributed by atoms with van der Waals surface area (Å²) in [6.45, 7) is 0.676. The van der Waals surface area contributed by atoms with E-state index < -0.39 is 12.0 Å². The minimum atomic E-state index is -0.936. The molecule has 1 aromatic rings. The number of hydrogen-bond donors (Lipinski definition) is 1. The van der Waals surface area contributed by atoms with E-state index in [0.717, 1.165) is 11.3 Å². The van der Waals surface area contributed by atoms with Gasteiger partial charge in [-0.25, -0.2) is 0 Å². The van der Waals surface area contributed by atoms with Gasteiger partial charge >= 0.3 is 5.97 Å². The Morgan fingerprint density at radius 2 is 2.11 bits per heavy atom. The maximum atomic E-state index is 11.3. The number of rotatable bonds is 4. The van der Waals surface area contributed by atoms with Gasteiger partial charge in [0.15, 0.2) is 0 Å². The monoisotopic (exact) mass is 249 g/mol. The maximum Gasteiger partial charge on any atom is 0.321 e. The number of benzene rings is 1. The average Bonchev–Trinajstić information content (AvgIpc) is 2.71. The van der Waals surface area contributed by atoms with Crippen LogP contribution in [0.15, 0.2) is 24.3 Å². The lowest BCUT2D eigenvalue weighted by atomic mass is 10.2. The fraction of sp³-hybridized carbons (Fsp3) is 0.385. The van der Waals surface area contributed by atoms with Gasteiger partial charge in [-0.2, -0.15) is 0 Å². The standard InChI is InChI=1S/C13H15NO4/c1-18-11-4-2-9(3-5-11)7-14-8-10(15)6-12(14)13(16)17/h2-5,12H,6-8H2,1H3,(H,16,17). The molecule has 1 unspecified atom stereocenters. The first-order valence-electron chi connectivity index (χ1n) is 5.71. The molecule has 1 aliphatic rings. The number of carbonyl (C=O) groups is 2. The van der Waals surface area contributed by atoms with E-state index in [4.69, 9.17) is 9.84 Å². The van der Waals surface area contributed by atoms with Gasteiger partial charge < -0.3 is 9.84 Å². The number of aliphatic carboxylic acids is 1. The molecular weight excluding hydrogens is 234 g/mol. The molecule has 0 aromatic heterocycles. The van der Waals surface area contributed by atoms with Crippen LogP contribution >= 0.6 is 0 Å². The largest absolute Gasteiger partial charge is 0.497 e. The minimum Gasteiger partial charge on any atom is -0.497 e. The second-order valence-corrected chi connectivity index (χ2v) is 4.35. The predicted molar refractivity (Wildman–Crippen MR) is 64.5 cm³/mol. The molecule has 18 heavy (non-hydrogen) atoms. The second-order valence-electron chi connectivity index (χ2n) is 4.35. The van der Waals surface area contributed by atoms with E-state index >= 15 is 0 Å². The van der Waals surface area contributed by atoms with Gasteiger partial charge in [0.25, 0.3) is 0 Å². The molecule has 0 amide bonds. The van der Waals surface area contributed by atoms with Gasteiger partial charge in [-0.1, -0.05) is 12.1 Å². The molecule has 0 saturated carbocycles. The quantitative estimate of drug-likeness (QED) is 0.859. The number of nitrogens with zero attached hydrogens (tertiary/aromatic N) is 1. The van der Waals surface area contributed by atoms with Crippen LogP contribution in [0.2, 0.25) is 0 Å². The van der Waals surface area contributed by atoms with Gasteiger partial charge in [0.1, 0.15) is 17.6 Å². The Morgan fingerprint density at radius 3 is 2.67 bits per heavy atom. The molecule has 0 aliphatic carbocycles. The van der Waals surface area contributed by atoms with E-state index in [1.165, 1.54) is 0 Å². The molecule has 0 radical (unpaired) electrons. The van der Waals surface area contributed by atoms with Gasteiger partial charge in [-0.3, -0.25) is 14.5 Å². The van der Waals surface area contributed by atoms with Gasteiger partial charge in [0.05, 0.1) is 13.7 Å². The Bertz CT molecular complexity index is 455. The van der Waals surface area contributed by atoms with Crippen molar-refractivity contribution < 1.29 is 19.4 Å². The van der Waals surface area contributed by atoms with Gasteiger partial charge in [-0.05, 0) is 17.7 Å². The molecule has 1 aliphatic heterocycles. The molecule has 96 valence electrons. The summed E-state index contributed by atoms with van der Waals surface area (Å²) in [7, 11) is 1.59.